The molecule has 0 amide bonds. The second-order valence-corrected chi connectivity index (χ2v) is 7.51. The fourth-order valence-corrected chi connectivity index (χ4v) is 3.07. The van der Waals surface area contributed by atoms with Crippen LogP contribution in [-0.4, -0.2) is 114 Å². The highest BCUT2D eigenvalue weighted by Crippen LogP contribution is 2.05. The maximum atomic E-state index is 5.10. The minimum atomic E-state index is 0. The number of halogens is 1. The molecular formula is C19H43IN6O. The Balaban J connectivity index is 0.00000676. The summed E-state index contributed by atoms with van der Waals surface area (Å²) in [6.45, 7) is 15.8. The van der Waals surface area contributed by atoms with Crippen molar-refractivity contribution in [2.24, 2.45) is 10.9 Å². The molecule has 0 bridgehead atoms. The van der Waals surface area contributed by atoms with Gasteiger partial charge in [0.05, 0.1) is 0 Å². The topological polar surface area (TPSA) is 55.4 Å². The molecule has 162 valence electrons. The van der Waals surface area contributed by atoms with E-state index in [1.807, 2.05) is 0 Å². The molecular weight excluding hydrogens is 455 g/mol. The van der Waals surface area contributed by atoms with Gasteiger partial charge in [0, 0.05) is 79.2 Å². The molecule has 1 fully saturated rings. The molecule has 7 nitrogen and oxygen atoms in total. The molecule has 1 atom stereocenters. The van der Waals surface area contributed by atoms with Gasteiger partial charge in [-0.3, -0.25) is 4.99 Å². The summed E-state index contributed by atoms with van der Waals surface area (Å²) in [6, 6.07) is 0. The number of rotatable bonds is 12. The number of hydrogen-bond donors (Lipinski definition) is 2. The summed E-state index contributed by atoms with van der Waals surface area (Å²) in [5, 5.41) is 6.81. The van der Waals surface area contributed by atoms with Gasteiger partial charge in [0.15, 0.2) is 5.96 Å². The number of guanidine groups is 1. The first-order valence-electron chi connectivity index (χ1n) is 10.2. The summed E-state index contributed by atoms with van der Waals surface area (Å²) < 4.78 is 5.10. The zero-order chi connectivity index (χ0) is 19.2. The van der Waals surface area contributed by atoms with Crippen molar-refractivity contribution >= 4 is 29.9 Å². The fourth-order valence-electron chi connectivity index (χ4n) is 3.07. The lowest BCUT2D eigenvalue weighted by Crippen LogP contribution is -2.46. The normalized spacial score (nSPS) is 17.6. The van der Waals surface area contributed by atoms with Gasteiger partial charge < -0.3 is 30.1 Å². The molecule has 0 aliphatic carbocycles. The molecule has 1 heterocycles. The van der Waals surface area contributed by atoms with Crippen LogP contribution in [0.5, 0.6) is 0 Å². The second-order valence-electron chi connectivity index (χ2n) is 7.51. The van der Waals surface area contributed by atoms with E-state index in [1.165, 1.54) is 26.2 Å². The molecule has 0 spiro atoms. The van der Waals surface area contributed by atoms with Crippen LogP contribution in [0, 0.1) is 5.92 Å². The third-order valence-electron chi connectivity index (χ3n) is 4.75. The van der Waals surface area contributed by atoms with Crippen LogP contribution in [0.15, 0.2) is 4.99 Å². The van der Waals surface area contributed by atoms with Crippen molar-refractivity contribution in [2.45, 2.75) is 20.3 Å². The lowest BCUT2D eigenvalue weighted by Gasteiger charge is -2.33. The highest BCUT2D eigenvalue weighted by molar-refractivity contribution is 14.0. The van der Waals surface area contributed by atoms with Crippen LogP contribution < -0.4 is 10.6 Å². The SMILES string of the molecule is CCNC(=NCC(C)CN1CCN(C)CC1)NCCN(C)CCCOC.I. The molecule has 1 saturated heterocycles. The average Bonchev–Trinajstić information content (AvgIpc) is 2.62. The Morgan fingerprint density at radius 2 is 1.89 bits per heavy atom. The van der Waals surface area contributed by atoms with Gasteiger partial charge >= 0.3 is 0 Å². The predicted octanol–water partition coefficient (Wildman–Crippen LogP) is 1.01. The maximum absolute atomic E-state index is 5.10. The molecule has 27 heavy (non-hydrogen) atoms. The third-order valence-corrected chi connectivity index (χ3v) is 4.75. The minimum Gasteiger partial charge on any atom is -0.385 e. The average molecular weight is 498 g/mol. The summed E-state index contributed by atoms with van der Waals surface area (Å²) in [6.07, 6.45) is 1.07. The van der Waals surface area contributed by atoms with Crippen molar-refractivity contribution in [2.75, 3.05) is 93.3 Å². The highest BCUT2D eigenvalue weighted by atomic mass is 127. The number of nitrogens with one attached hydrogen (secondary N) is 2. The standard InChI is InChI=1S/C19H42N6O.HI/c1-6-20-19(21-8-10-23(3)9-7-15-26-5)22-16-18(2)17-25-13-11-24(4)12-14-25;/h18H,6-17H2,1-5H3,(H2,20,21,22);1H. The largest absolute Gasteiger partial charge is 0.385 e. The lowest BCUT2D eigenvalue weighted by molar-refractivity contribution is 0.140. The number of aliphatic imine (C=N–C) groups is 1. The molecule has 1 aliphatic heterocycles. The van der Waals surface area contributed by atoms with E-state index in [-0.39, 0.29) is 24.0 Å². The van der Waals surface area contributed by atoms with E-state index >= 15 is 0 Å². The number of nitrogens with zero attached hydrogens (tertiary/aromatic N) is 4. The van der Waals surface area contributed by atoms with Gasteiger partial charge in [0.2, 0.25) is 0 Å². The Labute approximate surface area is 184 Å². The summed E-state index contributed by atoms with van der Waals surface area (Å²) in [7, 11) is 6.11. The number of piperazine rings is 1. The Morgan fingerprint density at radius 3 is 2.52 bits per heavy atom. The highest BCUT2D eigenvalue weighted by Gasteiger charge is 2.15. The quantitative estimate of drug-likeness (QED) is 0.181. The smallest absolute Gasteiger partial charge is 0.191 e. The molecule has 0 saturated carbocycles. The van der Waals surface area contributed by atoms with E-state index in [2.05, 4.69) is 53.3 Å². The van der Waals surface area contributed by atoms with E-state index in [0.717, 1.165) is 58.3 Å². The zero-order valence-electron chi connectivity index (χ0n) is 18.2. The van der Waals surface area contributed by atoms with Gasteiger partial charge in [-0.25, -0.2) is 0 Å². The first kappa shape index (κ1) is 26.8. The summed E-state index contributed by atoms with van der Waals surface area (Å²) in [5.41, 5.74) is 0. The summed E-state index contributed by atoms with van der Waals surface area (Å²) >= 11 is 0. The molecule has 0 aromatic heterocycles. The first-order valence-corrected chi connectivity index (χ1v) is 10.2. The van der Waals surface area contributed by atoms with Crippen LogP contribution in [0.25, 0.3) is 0 Å². The minimum absolute atomic E-state index is 0. The first-order chi connectivity index (χ1) is 12.5. The number of ether oxygens (including phenoxy) is 1. The number of methoxy groups -OCH3 is 1. The molecule has 0 radical (unpaired) electrons. The Hall–Kier alpha value is -0.160. The van der Waals surface area contributed by atoms with Crippen molar-refractivity contribution in [3.63, 3.8) is 0 Å². The van der Waals surface area contributed by atoms with E-state index in [1.54, 1.807) is 7.11 Å². The molecule has 8 heteroatoms. The fraction of sp³-hybridized carbons (Fsp3) is 0.947. The lowest BCUT2D eigenvalue weighted by atomic mass is 10.1. The van der Waals surface area contributed by atoms with Crippen molar-refractivity contribution in [1.82, 2.24) is 25.3 Å². The third kappa shape index (κ3) is 13.6. The van der Waals surface area contributed by atoms with Crippen LogP contribution in [0.2, 0.25) is 0 Å². The van der Waals surface area contributed by atoms with Gasteiger partial charge in [-0.2, -0.15) is 0 Å². The molecule has 1 rings (SSSR count). The van der Waals surface area contributed by atoms with Crippen LogP contribution in [0.4, 0.5) is 0 Å². The summed E-state index contributed by atoms with van der Waals surface area (Å²) in [4.78, 5) is 12.1. The van der Waals surface area contributed by atoms with Crippen LogP contribution in [-0.2, 0) is 4.74 Å². The van der Waals surface area contributed by atoms with E-state index in [4.69, 9.17) is 9.73 Å². The van der Waals surface area contributed by atoms with Gasteiger partial charge in [-0.05, 0) is 33.4 Å². The van der Waals surface area contributed by atoms with Crippen LogP contribution in [0.1, 0.15) is 20.3 Å². The molecule has 0 aromatic carbocycles. The van der Waals surface area contributed by atoms with Gasteiger partial charge in [-0.1, -0.05) is 6.92 Å². The number of likely N-dealkylation sites (N-methyl/N-ethyl adjacent to an activating group) is 2. The van der Waals surface area contributed by atoms with Gasteiger partial charge in [-0.15, -0.1) is 24.0 Å². The van der Waals surface area contributed by atoms with E-state index in [0.29, 0.717) is 5.92 Å². The van der Waals surface area contributed by atoms with Crippen molar-refractivity contribution in [1.29, 1.82) is 0 Å². The maximum Gasteiger partial charge on any atom is 0.191 e. The Morgan fingerprint density at radius 1 is 1.19 bits per heavy atom. The van der Waals surface area contributed by atoms with Crippen molar-refractivity contribution < 1.29 is 4.74 Å². The Kier molecular flexibility index (Phi) is 16.7. The van der Waals surface area contributed by atoms with Crippen molar-refractivity contribution in [3.8, 4) is 0 Å². The van der Waals surface area contributed by atoms with E-state index < -0.39 is 0 Å². The van der Waals surface area contributed by atoms with Crippen LogP contribution >= 0.6 is 24.0 Å². The van der Waals surface area contributed by atoms with E-state index in [9.17, 15) is 0 Å². The van der Waals surface area contributed by atoms with Gasteiger partial charge in [0.25, 0.3) is 0 Å². The zero-order valence-corrected chi connectivity index (χ0v) is 20.5. The Bertz CT molecular complexity index is 377. The second kappa shape index (κ2) is 16.8. The predicted molar refractivity (Wildman–Crippen MR) is 126 cm³/mol. The summed E-state index contributed by atoms with van der Waals surface area (Å²) in [5.74, 6) is 1.51. The number of hydrogen-bond acceptors (Lipinski definition) is 5. The van der Waals surface area contributed by atoms with Crippen molar-refractivity contribution in [3.05, 3.63) is 0 Å². The monoisotopic (exact) mass is 498 g/mol. The molecule has 1 aliphatic rings. The molecule has 2 N–H and O–H groups in total. The van der Waals surface area contributed by atoms with Gasteiger partial charge in [0.1, 0.15) is 0 Å². The molecule has 0 aromatic rings. The van der Waals surface area contributed by atoms with Crippen LogP contribution in [0.3, 0.4) is 0 Å². The molecule has 1 unspecified atom stereocenters.